The summed E-state index contributed by atoms with van der Waals surface area (Å²) in [6, 6.07) is 4.55. The van der Waals surface area contributed by atoms with Crippen molar-refractivity contribution in [1.29, 1.82) is 0 Å². The monoisotopic (exact) mass is 280 g/mol. The Morgan fingerprint density at radius 3 is 2.47 bits per heavy atom. The third-order valence-electron chi connectivity index (χ3n) is 3.15. The fraction of sp³-hybridized carbons (Fsp3) is 0.429. The van der Waals surface area contributed by atoms with Crippen LogP contribution < -0.4 is 0 Å². The van der Waals surface area contributed by atoms with E-state index in [9.17, 15) is 0 Å². The topological polar surface area (TPSA) is 0 Å². The molecule has 2 aliphatic heterocycles. The van der Waals surface area contributed by atoms with Gasteiger partial charge in [0.05, 0.1) is 0 Å². The Labute approximate surface area is 116 Å². The van der Waals surface area contributed by atoms with Gasteiger partial charge >= 0.3 is 0 Å². The van der Waals surface area contributed by atoms with Crippen LogP contribution >= 0.6 is 34.9 Å². The molecular formula is C14H16S3. The van der Waals surface area contributed by atoms with Gasteiger partial charge in [-0.15, -0.1) is 34.9 Å². The maximum Gasteiger partial charge on any atom is 0.0470 e. The molecule has 17 heavy (non-hydrogen) atoms. The minimum atomic E-state index is 0.685. The molecule has 0 aromatic carbocycles. The van der Waals surface area contributed by atoms with E-state index in [2.05, 4.69) is 49.9 Å². The smallest absolute Gasteiger partial charge is 0.0470 e. The van der Waals surface area contributed by atoms with Crippen LogP contribution in [0.15, 0.2) is 34.1 Å². The number of rotatable bonds is 2. The summed E-state index contributed by atoms with van der Waals surface area (Å²) < 4.78 is 0. The molecule has 90 valence electrons. The van der Waals surface area contributed by atoms with Crippen LogP contribution in [0.25, 0.3) is 0 Å². The van der Waals surface area contributed by atoms with Gasteiger partial charge in [-0.25, -0.2) is 0 Å². The van der Waals surface area contributed by atoms with Gasteiger partial charge in [-0.3, -0.25) is 0 Å². The summed E-state index contributed by atoms with van der Waals surface area (Å²) in [5, 5.41) is 1.40. The lowest BCUT2D eigenvalue weighted by Gasteiger charge is -2.12. The van der Waals surface area contributed by atoms with Crippen molar-refractivity contribution in [3.05, 3.63) is 43.8 Å². The second kappa shape index (κ2) is 4.87. The normalized spacial score (nSPS) is 28.4. The molecule has 0 nitrogen and oxygen atoms in total. The van der Waals surface area contributed by atoms with Gasteiger partial charge in [-0.05, 0) is 48.6 Å². The van der Waals surface area contributed by atoms with E-state index >= 15 is 0 Å². The van der Waals surface area contributed by atoms with Gasteiger partial charge in [0.1, 0.15) is 0 Å². The zero-order valence-electron chi connectivity index (χ0n) is 10.1. The molecule has 0 N–H and O–H groups in total. The Balaban J connectivity index is 1.65. The first-order valence-electron chi connectivity index (χ1n) is 5.99. The molecule has 0 saturated carbocycles. The molecule has 0 fully saturated rings. The molecule has 2 atom stereocenters. The van der Waals surface area contributed by atoms with E-state index in [0.29, 0.717) is 10.5 Å². The quantitative estimate of drug-likeness (QED) is 0.699. The van der Waals surface area contributed by atoms with E-state index < -0.39 is 0 Å². The summed E-state index contributed by atoms with van der Waals surface area (Å²) in [5.41, 5.74) is 0. The van der Waals surface area contributed by atoms with Gasteiger partial charge in [0, 0.05) is 20.3 Å². The van der Waals surface area contributed by atoms with Crippen LogP contribution in [0.4, 0.5) is 0 Å². The molecule has 2 unspecified atom stereocenters. The summed E-state index contributed by atoms with van der Waals surface area (Å²) >= 11 is 6.09. The van der Waals surface area contributed by atoms with Crippen LogP contribution in [0, 0.1) is 6.92 Å². The van der Waals surface area contributed by atoms with Gasteiger partial charge < -0.3 is 0 Å². The van der Waals surface area contributed by atoms with Crippen LogP contribution in [-0.2, 0) is 0 Å². The van der Waals surface area contributed by atoms with Crippen LogP contribution in [-0.4, -0.2) is 5.25 Å². The minimum Gasteiger partial charge on any atom is -0.145 e. The van der Waals surface area contributed by atoms with Crippen molar-refractivity contribution in [2.24, 2.45) is 0 Å². The van der Waals surface area contributed by atoms with Crippen LogP contribution in [0.2, 0.25) is 0 Å². The van der Waals surface area contributed by atoms with Gasteiger partial charge in [0.25, 0.3) is 0 Å². The fourth-order valence-corrected chi connectivity index (χ4v) is 5.93. The standard InChI is InChI=1S/C14H16S3/c1-9-3-5-11(15-9)13-7-8-14(17-13)12-6-4-10(2)16-12/h3-5,8,12-13H,6-7H2,1-2H3. The summed E-state index contributed by atoms with van der Waals surface area (Å²) in [7, 11) is 0. The summed E-state index contributed by atoms with van der Waals surface area (Å²) in [6.07, 6.45) is 7.29. The first-order chi connectivity index (χ1) is 8.22. The second-order valence-electron chi connectivity index (χ2n) is 4.55. The molecular weight excluding hydrogens is 264 g/mol. The zero-order chi connectivity index (χ0) is 11.8. The number of aryl methyl sites for hydroxylation is 1. The lowest BCUT2D eigenvalue weighted by molar-refractivity contribution is 1.01. The molecule has 0 radical (unpaired) electrons. The molecule has 3 rings (SSSR count). The maximum absolute atomic E-state index is 2.47. The van der Waals surface area contributed by atoms with E-state index in [-0.39, 0.29) is 0 Å². The van der Waals surface area contributed by atoms with Crippen molar-refractivity contribution in [1.82, 2.24) is 0 Å². The van der Waals surface area contributed by atoms with E-state index in [1.807, 2.05) is 23.1 Å². The Bertz CT molecular complexity index is 481. The second-order valence-corrected chi connectivity index (χ2v) is 8.60. The Hall–Kier alpha value is -0.120. The molecule has 0 amide bonds. The van der Waals surface area contributed by atoms with Crippen molar-refractivity contribution in [3.8, 4) is 0 Å². The molecule has 0 aliphatic carbocycles. The predicted octanol–water partition coefficient (Wildman–Crippen LogP) is 5.53. The number of thioether (sulfide) groups is 2. The maximum atomic E-state index is 2.47. The van der Waals surface area contributed by atoms with E-state index in [1.165, 1.54) is 22.6 Å². The van der Waals surface area contributed by atoms with Crippen LogP contribution in [0.3, 0.4) is 0 Å². The van der Waals surface area contributed by atoms with E-state index in [4.69, 9.17) is 0 Å². The van der Waals surface area contributed by atoms with Gasteiger partial charge in [0.2, 0.25) is 0 Å². The molecule has 3 heterocycles. The first-order valence-corrected chi connectivity index (χ1v) is 8.56. The SMILES string of the molecule is CC1=CCC(C2=CCC(c3ccc(C)s3)S2)S1. The van der Waals surface area contributed by atoms with Crippen molar-refractivity contribution in [3.63, 3.8) is 0 Å². The molecule has 1 aromatic heterocycles. The highest BCUT2D eigenvalue weighted by Gasteiger charge is 2.28. The summed E-state index contributed by atoms with van der Waals surface area (Å²) in [6.45, 7) is 4.42. The largest absolute Gasteiger partial charge is 0.145 e. The Kier molecular flexibility index (Phi) is 3.42. The minimum absolute atomic E-state index is 0.685. The summed E-state index contributed by atoms with van der Waals surface area (Å²) in [5.74, 6) is 0. The van der Waals surface area contributed by atoms with Crippen molar-refractivity contribution < 1.29 is 0 Å². The average molecular weight is 280 g/mol. The highest BCUT2D eigenvalue weighted by molar-refractivity contribution is 8.08. The van der Waals surface area contributed by atoms with Crippen LogP contribution in [0.5, 0.6) is 0 Å². The van der Waals surface area contributed by atoms with E-state index in [0.717, 1.165) is 0 Å². The van der Waals surface area contributed by atoms with Gasteiger partial charge in [-0.1, -0.05) is 12.2 Å². The van der Waals surface area contributed by atoms with E-state index in [1.54, 1.807) is 9.78 Å². The number of thiophene rings is 1. The lowest BCUT2D eigenvalue weighted by atomic mass is 10.2. The highest BCUT2D eigenvalue weighted by atomic mass is 32.2. The highest BCUT2D eigenvalue weighted by Crippen LogP contribution is 2.51. The van der Waals surface area contributed by atoms with Crippen molar-refractivity contribution in [2.75, 3.05) is 0 Å². The Morgan fingerprint density at radius 2 is 1.82 bits per heavy atom. The first kappa shape index (κ1) is 11.9. The number of hydrogen-bond donors (Lipinski definition) is 0. The zero-order valence-corrected chi connectivity index (χ0v) is 12.6. The molecule has 1 aromatic rings. The molecule has 3 heteroatoms. The average Bonchev–Trinajstić information content (AvgIpc) is 2.96. The van der Waals surface area contributed by atoms with Crippen molar-refractivity contribution >= 4 is 34.9 Å². The lowest BCUT2D eigenvalue weighted by Crippen LogP contribution is -1.97. The number of hydrogen-bond acceptors (Lipinski definition) is 3. The molecule has 0 spiro atoms. The third-order valence-corrected chi connectivity index (χ3v) is 7.29. The summed E-state index contributed by atoms with van der Waals surface area (Å²) in [4.78, 5) is 6.08. The van der Waals surface area contributed by atoms with Crippen molar-refractivity contribution in [2.45, 2.75) is 37.2 Å². The van der Waals surface area contributed by atoms with Crippen LogP contribution in [0.1, 0.15) is 34.8 Å². The number of allylic oxidation sites excluding steroid dienone is 3. The molecule has 2 aliphatic rings. The third kappa shape index (κ3) is 2.51. The molecule has 0 bridgehead atoms. The predicted molar refractivity (Wildman–Crippen MR) is 81.8 cm³/mol. The fourth-order valence-electron chi connectivity index (χ4n) is 2.26. The van der Waals surface area contributed by atoms with Gasteiger partial charge in [-0.2, -0.15) is 0 Å². The molecule has 0 saturated heterocycles. The Morgan fingerprint density at radius 1 is 1.00 bits per heavy atom. The van der Waals surface area contributed by atoms with Gasteiger partial charge in [0.15, 0.2) is 0 Å².